The molecule has 0 unspecified atom stereocenters. The normalized spacial score (nSPS) is 13.7. The third kappa shape index (κ3) is 3.11. The van der Waals surface area contributed by atoms with Crippen LogP contribution in [0.1, 0.15) is 16.1 Å². The number of rotatable bonds is 4. The molecule has 0 radical (unpaired) electrons. The molecule has 3 aromatic rings. The Hall–Kier alpha value is -2.65. The molecule has 0 atom stereocenters. The number of amides is 1. The summed E-state index contributed by atoms with van der Waals surface area (Å²) >= 11 is 1.32. The quantitative estimate of drug-likeness (QED) is 0.740. The molecule has 1 amide bonds. The maximum atomic E-state index is 12.0. The minimum absolute atomic E-state index is 0.222. The molecular formula is C17H15N3O4S2. The highest BCUT2D eigenvalue weighted by Gasteiger charge is 2.26. The SMILES string of the molecule is CS(=O)(=O)N1CCc2cc(-c3csc(NC(=O)c4ccco4)n3)ccc21. The van der Waals surface area contributed by atoms with Gasteiger partial charge in [-0.1, -0.05) is 6.07 Å². The summed E-state index contributed by atoms with van der Waals surface area (Å²) in [5, 5.41) is 5.02. The van der Waals surface area contributed by atoms with Crippen LogP contribution in [0.15, 0.2) is 46.4 Å². The highest BCUT2D eigenvalue weighted by Crippen LogP contribution is 2.34. The second-order valence-corrected chi connectivity index (χ2v) is 8.66. The van der Waals surface area contributed by atoms with Gasteiger partial charge in [0.15, 0.2) is 10.9 Å². The number of carbonyl (C=O) groups is 1. The summed E-state index contributed by atoms with van der Waals surface area (Å²) < 4.78 is 30.1. The number of benzene rings is 1. The van der Waals surface area contributed by atoms with Gasteiger partial charge in [0.2, 0.25) is 10.0 Å². The molecule has 1 aliphatic rings. The minimum atomic E-state index is -3.26. The van der Waals surface area contributed by atoms with Gasteiger partial charge in [-0.3, -0.25) is 14.4 Å². The molecule has 134 valence electrons. The van der Waals surface area contributed by atoms with E-state index in [1.807, 2.05) is 17.5 Å². The molecule has 1 aromatic carbocycles. The van der Waals surface area contributed by atoms with Crippen molar-refractivity contribution in [1.29, 1.82) is 0 Å². The predicted molar refractivity (Wildman–Crippen MR) is 100 cm³/mol. The molecule has 0 aliphatic carbocycles. The van der Waals surface area contributed by atoms with Gasteiger partial charge in [-0.15, -0.1) is 11.3 Å². The molecule has 1 aliphatic heterocycles. The number of fused-ring (bicyclic) bond motifs is 1. The van der Waals surface area contributed by atoms with E-state index in [0.717, 1.165) is 22.5 Å². The van der Waals surface area contributed by atoms with E-state index in [9.17, 15) is 13.2 Å². The van der Waals surface area contributed by atoms with E-state index < -0.39 is 10.0 Å². The van der Waals surface area contributed by atoms with E-state index in [4.69, 9.17) is 4.42 Å². The van der Waals surface area contributed by atoms with Gasteiger partial charge in [0, 0.05) is 17.5 Å². The van der Waals surface area contributed by atoms with E-state index >= 15 is 0 Å². The minimum Gasteiger partial charge on any atom is -0.459 e. The zero-order chi connectivity index (χ0) is 18.3. The summed E-state index contributed by atoms with van der Waals surface area (Å²) in [6.45, 7) is 0.457. The number of nitrogens with zero attached hydrogens (tertiary/aromatic N) is 2. The molecule has 4 rings (SSSR count). The molecule has 0 saturated heterocycles. The molecular weight excluding hydrogens is 374 g/mol. The third-order valence-electron chi connectivity index (χ3n) is 4.10. The number of thiazole rings is 1. The van der Waals surface area contributed by atoms with Gasteiger partial charge in [-0.2, -0.15) is 0 Å². The zero-order valence-electron chi connectivity index (χ0n) is 13.8. The summed E-state index contributed by atoms with van der Waals surface area (Å²) in [6, 6.07) is 8.83. The molecule has 0 spiro atoms. The molecule has 2 aromatic heterocycles. The van der Waals surface area contributed by atoms with Gasteiger partial charge in [0.25, 0.3) is 5.91 Å². The first kappa shape index (κ1) is 16.8. The van der Waals surface area contributed by atoms with Crippen molar-refractivity contribution in [1.82, 2.24) is 4.98 Å². The first-order valence-corrected chi connectivity index (χ1v) is 10.6. The fourth-order valence-electron chi connectivity index (χ4n) is 2.91. The standard InChI is InChI=1S/C17H15N3O4S2/c1-26(22,23)20-7-6-12-9-11(4-5-14(12)20)13-10-25-17(18-13)19-16(21)15-3-2-8-24-15/h2-5,8-10H,6-7H2,1H3,(H,18,19,21). The molecule has 9 heteroatoms. The van der Waals surface area contributed by atoms with Crippen molar-refractivity contribution in [2.24, 2.45) is 0 Å². The number of hydrogen-bond acceptors (Lipinski definition) is 6. The summed E-state index contributed by atoms with van der Waals surface area (Å²) in [6.07, 6.45) is 3.32. The first-order valence-electron chi connectivity index (χ1n) is 7.83. The van der Waals surface area contributed by atoms with Gasteiger partial charge in [0.1, 0.15) is 0 Å². The Balaban J connectivity index is 1.56. The lowest BCUT2D eigenvalue weighted by molar-refractivity contribution is 0.0996. The molecule has 7 nitrogen and oxygen atoms in total. The second-order valence-electron chi connectivity index (χ2n) is 5.90. The Morgan fingerprint density at radius 1 is 1.35 bits per heavy atom. The van der Waals surface area contributed by atoms with Crippen molar-refractivity contribution in [3.8, 4) is 11.3 Å². The average Bonchev–Trinajstić information content (AvgIpc) is 3.33. The van der Waals surface area contributed by atoms with Crippen LogP contribution in [-0.4, -0.2) is 32.1 Å². The van der Waals surface area contributed by atoms with Crippen LogP contribution in [0.4, 0.5) is 10.8 Å². The number of carbonyl (C=O) groups excluding carboxylic acids is 1. The van der Waals surface area contributed by atoms with Gasteiger partial charge >= 0.3 is 0 Å². The van der Waals surface area contributed by atoms with Crippen molar-refractivity contribution in [2.75, 3.05) is 22.4 Å². The second kappa shape index (κ2) is 6.26. The monoisotopic (exact) mass is 389 g/mol. The first-order chi connectivity index (χ1) is 12.4. The van der Waals surface area contributed by atoms with Crippen LogP contribution in [0.25, 0.3) is 11.3 Å². The largest absolute Gasteiger partial charge is 0.459 e. The third-order valence-corrected chi connectivity index (χ3v) is 6.04. The van der Waals surface area contributed by atoms with Crippen molar-refractivity contribution < 1.29 is 17.6 Å². The van der Waals surface area contributed by atoms with E-state index in [0.29, 0.717) is 18.1 Å². The Kier molecular flexibility index (Phi) is 4.04. The van der Waals surface area contributed by atoms with Crippen LogP contribution >= 0.6 is 11.3 Å². The van der Waals surface area contributed by atoms with Gasteiger partial charge < -0.3 is 4.42 Å². The summed E-state index contributed by atoms with van der Waals surface area (Å²) in [4.78, 5) is 16.4. The maximum absolute atomic E-state index is 12.0. The molecule has 0 saturated carbocycles. The summed E-state index contributed by atoms with van der Waals surface area (Å²) in [7, 11) is -3.26. The Bertz CT molecular complexity index is 1070. The zero-order valence-corrected chi connectivity index (χ0v) is 15.4. The number of nitrogens with one attached hydrogen (secondary N) is 1. The van der Waals surface area contributed by atoms with Crippen LogP contribution in [0, 0.1) is 0 Å². The molecule has 0 bridgehead atoms. The Morgan fingerprint density at radius 3 is 2.92 bits per heavy atom. The van der Waals surface area contributed by atoms with Crippen LogP contribution in [-0.2, 0) is 16.4 Å². The highest BCUT2D eigenvalue weighted by atomic mass is 32.2. The number of aromatic nitrogens is 1. The lowest BCUT2D eigenvalue weighted by atomic mass is 10.1. The number of sulfonamides is 1. The average molecular weight is 389 g/mol. The van der Waals surface area contributed by atoms with E-state index in [1.54, 1.807) is 18.2 Å². The fraction of sp³-hybridized carbons (Fsp3) is 0.176. The highest BCUT2D eigenvalue weighted by molar-refractivity contribution is 7.92. The van der Waals surface area contributed by atoms with Crippen LogP contribution in [0.5, 0.6) is 0 Å². The molecule has 3 heterocycles. The van der Waals surface area contributed by atoms with Gasteiger partial charge in [0.05, 0.1) is 23.9 Å². The smallest absolute Gasteiger partial charge is 0.293 e. The fourth-order valence-corrected chi connectivity index (χ4v) is 4.58. The Labute approximate surface area is 154 Å². The molecule has 26 heavy (non-hydrogen) atoms. The maximum Gasteiger partial charge on any atom is 0.293 e. The lowest BCUT2D eigenvalue weighted by Crippen LogP contribution is -2.27. The summed E-state index contributed by atoms with van der Waals surface area (Å²) in [5.41, 5.74) is 3.30. The Morgan fingerprint density at radius 2 is 2.19 bits per heavy atom. The van der Waals surface area contributed by atoms with Crippen molar-refractivity contribution >= 4 is 38.1 Å². The van der Waals surface area contributed by atoms with E-state index in [-0.39, 0.29) is 11.7 Å². The summed E-state index contributed by atoms with van der Waals surface area (Å²) in [5.74, 6) is -0.131. The van der Waals surface area contributed by atoms with Gasteiger partial charge in [-0.25, -0.2) is 13.4 Å². The van der Waals surface area contributed by atoms with Crippen molar-refractivity contribution in [3.63, 3.8) is 0 Å². The topological polar surface area (TPSA) is 92.5 Å². The van der Waals surface area contributed by atoms with Gasteiger partial charge in [-0.05, 0) is 36.2 Å². The number of anilines is 2. The van der Waals surface area contributed by atoms with Crippen LogP contribution in [0.2, 0.25) is 0 Å². The number of hydrogen-bond donors (Lipinski definition) is 1. The predicted octanol–water partition coefficient (Wildman–Crippen LogP) is 2.98. The molecule has 1 N–H and O–H groups in total. The van der Waals surface area contributed by atoms with Crippen LogP contribution in [0.3, 0.4) is 0 Å². The molecule has 0 fully saturated rings. The van der Waals surface area contributed by atoms with Crippen molar-refractivity contribution in [3.05, 3.63) is 53.3 Å². The van der Waals surface area contributed by atoms with E-state index in [2.05, 4.69) is 10.3 Å². The van der Waals surface area contributed by atoms with Crippen molar-refractivity contribution in [2.45, 2.75) is 6.42 Å². The van der Waals surface area contributed by atoms with E-state index in [1.165, 1.54) is 28.2 Å². The van der Waals surface area contributed by atoms with Crippen LogP contribution < -0.4 is 9.62 Å². The lowest BCUT2D eigenvalue weighted by Gasteiger charge is -2.16. The number of furan rings is 1.